The Labute approximate surface area is 95.4 Å². The Bertz CT molecular complexity index is 370. The van der Waals surface area contributed by atoms with Gasteiger partial charge >= 0.3 is 0 Å². The minimum atomic E-state index is -2.87. The van der Waals surface area contributed by atoms with Crippen LogP contribution in [-0.4, -0.2) is 27.0 Å². The fraction of sp³-hybridized carbons (Fsp3) is 0.600. The first-order valence-corrected chi connectivity index (χ1v) is 7.96. The van der Waals surface area contributed by atoms with Gasteiger partial charge in [0.25, 0.3) is 0 Å². The maximum Gasteiger partial charge on any atom is 0.147 e. The van der Waals surface area contributed by atoms with E-state index in [2.05, 4.69) is 10.7 Å². The zero-order chi connectivity index (χ0) is 11.3. The maximum atomic E-state index is 11.1. The van der Waals surface area contributed by atoms with E-state index >= 15 is 0 Å². The summed E-state index contributed by atoms with van der Waals surface area (Å²) in [5.74, 6) is 0.237. The van der Waals surface area contributed by atoms with E-state index in [1.807, 2.05) is 18.4 Å². The molecule has 5 heteroatoms. The van der Waals surface area contributed by atoms with Gasteiger partial charge in [0.2, 0.25) is 0 Å². The zero-order valence-corrected chi connectivity index (χ0v) is 10.7. The average Bonchev–Trinajstić information content (AvgIpc) is 2.63. The Kier molecular flexibility index (Phi) is 4.76. The molecule has 0 bridgehead atoms. The molecule has 0 aromatic carbocycles. The molecule has 86 valence electrons. The Morgan fingerprint density at radius 3 is 2.73 bits per heavy atom. The van der Waals surface area contributed by atoms with Gasteiger partial charge in [-0.25, -0.2) is 8.42 Å². The standard InChI is InChI=1S/C10H17NO2S2/c1-3-11-10(5-7-15(2,12)13)9-4-6-14-8-9/h4,6,8,10-11H,3,5,7H2,1-2H3. The number of nitrogens with one attached hydrogen (secondary N) is 1. The van der Waals surface area contributed by atoms with Crippen LogP contribution in [0.4, 0.5) is 0 Å². The quantitative estimate of drug-likeness (QED) is 0.834. The maximum absolute atomic E-state index is 11.1. The predicted octanol–water partition coefficient (Wildman–Crippen LogP) is 1.83. The van der Waals surface area contributed by atoms with Gasteiger partial charge in [-0.1, -0.05) is 6.92 Å². The van der Waals surface area contributed by atoms with E-state index in [1.54, 1.807) is 11.3 Å². The second-order valence-electron chi connectivity index (χ2n) is 3.59. The van der Waals surface area contributed by atoms with Crippen LogP contribution in [0.2, 0.25) is 0 Å². The van der Waals surface area contributed by atoms with Gasteiger partial charge in [-0.05, 0) is 35.4 Å². The highest BCUT2D eigenvalue weighted by Crippen LogP contribution is 2.19. The van der Waals surface area contributed by atoms with Gasteiger partial charge in [0, 0.05) is 12.3 Å². The Hall–Kier alpha value is -0.390. The van der Waals surface area contributed by atoms with E-state index in [4.69, 9.17) is 0 Å². The molecule has 0 saturated carbocycles. The fourth-order valence-corrected chi connectivity index (χ4v) is 2.82. The third-order valence-corrected chi connectivity index (χ3v) is 3.85. The minimum Gasteiger partial charge on any atom is -0.310 e. The van der Waals surface area contributed by atoms with Crippen molar-refractivity contribution in [2.24, 2.45) is 0 Å². The molecule has 0 aliphatic heterocycles. The highest BCUT2D eigenvalue weighted by atomic mass is 32.2. The second kappa shape index (κ2) is 5.63. The number of hydrogen-bond donors (Lipinski definition) is 1. The lowest BCUT2D eigenvalue weighted by Crippen LogP contribution is -2.23. The van der Waals surface area contributed by atoms with Crippen molar-refractivity contribution in [3.05, 3.63) is 22.4 Å². The molecular formula is C10H17NO2S2. The molecule has 1 aromatic heterocycles. The van der Waals surface area contributed by atoms with Crippen molar-refractivity contribution in [2.45, 2.75) is 19.4 Å². The van der Waals surface area contributed by atoms with E-state index in [-0.39, 0.29) is 11.8 Å². The lowest BCUT2D eigenvalue weighted by Gasteiger charge is -2.15. The summed E-state index contributed by atoms with van der Waals surface area (Å²) >= 11 is 1.64. The molecule has 0 aliphatic rings. The molecule has 1 heterocycles. The van der Waals surface area contributed by atoms with Crippen molar-refractivity contribution in [3.63, 3.8) is 0 Å². The lowest BCUT2D eigenvalue weighted by molar-refractivity contribution is 0.531. The molecule has 1 unspecified atom stereocenters. The molecule has 3 nitrogen and oxygen atoms in total. The van der Waals surface area contributed by atoms with Gasteiger partial charge < -0.3 is 5.32 Å². The van der Waals surface area contributed by atoms with Crippen LogP contribution < -0.4 is 5.32 Å². The molecule has 0 spiro atoms. The molecular weight excluding hydrogens is 230 g/mol. The monoisotopic (exact) mass is 247 g/mol. The summed E-state index contributed by atoms with van der Waals surface area (Å²) in [6, 6.07) is 2.20. The van der Waals surface area contributed by atoms with Gasteiger partial charge in [-0.2, -0.15) is 11.3 Å². The first-order valence-electron chi connectivity index (χ1n) is 4.96. The van der Waals surface area contributed by atoms with Crippen LogP contribution in [0.1, 0.15) is 24.9 Å². The molecule has 0 saturated heterocycles. The summed E-state index contributed by atoms with van der Waals surface area (Å²) in [6.07, 6.45) is 1.92. The molecule has 0 aliphatic carbocycles. The number of hydrogen-bond acceptors (Lipinski definition) is 4. The molecule has 0 radical (unpaired) electrons. The Morgan fingerprint density at radius 1 is 1.53 bits per heavy atom. The van der Waals surface area contributed by atoms with Crippen LogP contribution in [0.3, 0.4) is 0 Å². The van der Waals surface area contributed by atoms with Gasteiger partial charge in [0.1, 0.15) is 9.84 Å². The topological polar surface area (TPSA) is 46.2 Å². The van der Waals surface area contributed by atoms with Crippen molar-refractivity contribution in [1.29, 1.82) is 0 Å². The highest BCUT2D eigenvalue weighted by molar-refractivity contribution is 7.90. The summed E-state index contributed by atoms with van der Waals surface area (Å²) in [7, 11) is -2.87. The largest absolute Gasteiger partial charge is 0.310 e. The first-order chi connectivity index (χ1) is 7.03. The van der Waals surface area contributed by atoms with Crippen molar-refractivity contribution >= 4 is 21.2 Å². The summed E-state index contributed by atoms with van der Waals surface area (Å²) in [5, 5.41) is 7.38. The normalized spacial score (nSPS) is 14.0. The number of sulfone groups is 1. The van der Waals surface area contributed by atoms with Crippen LogP contribution in [0.5, 0.6) is 0 Å². The molecule has 1 N–H and O–H groups in total. The van der Waals surface area contributed by atoms with Crippen LogP contribution in [-0.2, 0) is 9.84 Å². The highest BCUT2D eigenvalue weighted by Gasteiger charge is 2.13. The van der Waals surface area contributed by atoms with E-state index in [9.17, 15) is 8.42 Å². The van der Waals surface area contributed by atoms with Crippen molar-refractivity contribution < 1.29 is 8.42 Å². The zero-order valence-electron chi connectivity index (χ0n) is 9.06. The van der Waals surface area contributed by atoms with Crippen LogP contribution in [0, 0.1) is 0 Å². The van der Waals surface area contributed by atoms with Crippen LogP contribution >= 0.6 is 11.3 Å². The fourth-order valence-electron chi connectivity index (χ4n) is 1.44. The van der Waals surface area contributed by atoms with Crippen LogP contribution in [0.25, 0.3) is 0 Å². The summed E-state index contributed by atoms with van der Waals surface area (Å²) in [4.78, 5) is 0. The average molecular weight is 247 g/mol. The van der Waals surface area contributed by atoms with E-state index in [1.165, 1.54) is 11.8 Å². The molecule has 15 heavy (non-hydrogen) atoms. The van der Waals surface area contributed by atoms with Crippen molar-refractivity contribution in [3.8, 4) is 0 Å². The molecule has 0 amide bonds. The van der Waals surface area contributed by atoms with Gasteiger partial charge in [0.15, 0.2) is 0 Å². The summed E-state index contributed by atoms with van der Waals surface area (Å²) in [6.45, 7) is 2.88. The lowest BCUT2D eigenvalue weighted by atomic mass is 10.1. The number of thiophene rings is 1. The van der Waals surface area contributed by atoms with Crippen molar-refractivity contribution in [2.75, 3.05) is 18.6 Å². The van der Waals surface area contributed by atoms with Gasteiger partial charge in [-0.3, -0.25) is 0 Å². The minimum absolute atomic E-state index is 0.163. The first kappa shape index (κ1) is 12.7. The smallest absolute Gasteiger partial charge is 0.147 e. The van der Waals surface area contributed by atoms with Crippen molar-refractivity contribution in [1.82, 2.24) is 5.32 Å². The predicted molar refractivity (Wildman–Crippen MR) is 65.1 cm³/mol. The van der Waals surface area contributed by atoms with E-state index in [0.29, 0.717) is 6.42 Å². The second-order valence-corrected chi connectivity index (χ2v) is 6.63. The molecule has 0 fully saturated rings. The Balaban J connectivity index is 2.60. The third-order valence-electron chi connectivity index (χ3n) is 2.17. The summed E-state index contributed by atoms with van der Waals surface area (Å²) in [5.41, 5.74) is 1.19. The van der Waals surface area contributed by atoms with E-state index < -0.39 is 9.84 Å². The molecule has 1 atom stereocenters. The van der Waals surface area contributed by atoms with Crippen LogP contribution in [0.15, 0.2) is 16.8 Å². The summed E-state index contributed by atoms with van der Waals surface area (Å²) < 4.78 is 22.2. The van der Waals surface area contributed by atoms with Gasteiger partial charge in [-0.15, -0.1) is 0 Å². The van der Waals surface area contributed by atoms with Gasteiger partial charge in [0.05, 0.1) is 5.75 Å². The van der Waals surface area contributed by atoms with E-state index in [0.717, 1.165) is 6.54 Å². The molecule has 1 aromatic rings. The molecule has 1 rings (SSSR count). The third kappa shape index (κ3) is 4.77. The SMILES string of the molecule is CCNC(CCS(C)(=O)=O)c1ccsc1. The Morgan fingerprint density at radius 2 is 2.27 bits per heavy atom. The number of rotatable bonds is 6.